The van der Waals surface area contributed by atoms with Gasteiger partial charge in [-0.25, -0.2) is 4.79 Å². The van der Waals surface area contributed by atoms with Gasteiger partial charge in [0.05, 0.1) is 11.0 Å². The average Bonchev–Trinajstić information content (AvgIpc) is 2.73. The van der Waals surface area contributed by atoms with Crippen molar-refractivity contribution in [3.05, 3.63) is 34.2 Å². The fourth-order valence-electron chi connectivity index (χ4n) is 2.07. The van der Waals surface area contributed by atoms with Gasteiger partial charge in [0.25, 0.3) is 5.91 Å². The first kappa shape index (κ1) is 14.8. The summed E-state index contributed by atoms with van der Waals surface area (Å²) < 4.78 is 1.44. The Balaban J connectivity index is 1.98. The number of carbonyl (C=O) groups excluding carboxylic acids is 1. The minimum absolute atomic E-state index is 0.104. The van der Waals surface area contributed by atoms with Crippen molar-refractivity contribution in [1.82, 2.24) is 14.9 Å². The second-order valence-electron chi connectivity index (χ2n) is 4.83. The van der Waals surface area contributed by atoms with Crippen molar-refractivity contribution in [1.29, 1.82) is 0 Å². The van der Waals surface area contributed by atoms with Gasteiger partial charge in [-0.05, 0) is 31.0 Å². The number of aromatic nitrogens is 2. The first-order valence-electron chi connectivity index (χ1n) is 6.68. The quantitative estimate of drug-likeness (QED) is 0.686. The van der Waals surface area contributed by atoms with Gasteiger partial charge in [0, 0.05) is 25.6 Å². The van der Waals surface area contributed by atoms with Gasteiger partial charge in [0.15, 0.2) is 0 Å². The van der Waals surface area contributed by atoms with Crippen LogP contribution in [0.4, 0.5) is 0 Å². The number of H-pyrrole nitrogens is 1. The third-order valence-electron chi connectivity index (χ3n) is 3.27. The molecule has 21 heavy (non-hydrogen) atoms. The molecule has 112 valence electrons. The molecular formula is C14H17N3O4. The zero-order chi connectivity index (χ0) is 15.4. The molecular weight excluding hydrogens is 274 g/mol. The molecule has 0 aliphatic heterocycles. The van der Waals surface area contributed by atoms with Gasteiger partial charge >= 0.3 is 11.7 Å². The van der Waals surface area contributed by atoms with Crippen molar-refractivity contribution in [2.24, 2.45) is 7.05 Å². The number of fused-ring (bicyclic) bond motifs is 1. The summed E-state index contributed by atoms with van der Waals surface area (Å²) in [7, 11) is 1.63. The van der Waals surface area contributed by atoms with Crippen molar-refractivity contribution in [2.75, 3.05) is 6.54 Å². The highest BCUT2D eigenvalue weighted by molar-refractivity contribution is 5.97. The highest BCUT2D eigenvalue weighted by Crippen LogP contribution is 2.12. The molecule has 0 atom stereocenters. The maximum atomic E-state index is 12.0. The van der Waals surface area contributed by atoms with E-state index in [0.717, 1.165) is 0 Å². The van der Waals surface area contributed by atoms with Gasteiger partial charge < -0.3 is 15.4 Å². The summed E-state index contributed by atoms with van der Waals surface area (Å²) in [6, 6.07) is 4.99. The Morgan fingerprint density at radius 2 is 2.10 bits per heavy atom. The van der Waals surface area contributed by atoms with Crippen LogP contribution in [0.5, 0.6) is 0 Å². The lowest BCUT2D eigenvalue weighted by molar-refractivity contribution is -0.137. The molecule has 0 aliphatic rings. The van der Waals surface area contributed by atoms with Crippen molar-refractivity contribution in [3.8, 4) is 0 Å². The molecule has 1 amide bonds. The summed E-state index contributed by atoms with van der Waals surface area (Å²) >= 11 is 0. The molecule has 7 nitrogen and oxygen atoms in total. The molecule has 1 aromatic heterocycles. The number of hydrogen-bond acceptors (Lipinski definition) is 3. The summed E-state index contributed by atoms with van der Waals surface area (Å²) in [5.74, 6) is -1.07. The number of unbranched alkanes of at least 4 members (excludes halogenated alkanes) is 1. The minimum atomic E-state index is -0.833. The summed E-state index contributed by atoms with van der Waals surface area (Å²) in [6.07, 6.45) is 1.25. The Bertz CT molecular complexity index is 729. The van der Waals surface area contributed by atoms with E-state index in [4.69, 9.17) is 5.11 Å². The van der Waals surface area contributed by atoms with E-state index in [0.29, 0.717) is 36.0 Å². The number of carboxylic acid groups (broad SMARTS) is 1. The monoisotopic (exact) mass is 291 g/mol. The number of amides is 1. The molecule has 2 aromatic rings. The molecule has 1 aromatic carbocycles. The van der Waals surface area contributed by atoms with Crippen molar-refractivity contribution in [3.63, 3.8) is 0 Å². The number of nitrogens with zero attached hydrogens (tertiary/aromatic N) is 1. The first-order valence-corrected chi connectivity index (χ1v) is 6.68. The van der Waals surface area contributed by atoms with Gasteiger partial charge in [0.1, 0.15) is 0 Å². The predicted octanol–water partition coefficient (Wildman–Crippen LogP) is 0.851. The summed E-state index contributed by atoms with van der Waals surface area (Å²) in [4.78, 5) is 36.5. The zero-order valence-electron chi connectivity index (χ0n) is 11.7. The van der Waals surface area contributed by atoms with Crippen LogP contribution in [0.25, 0.3) is 11.0 Å². The normalized spacial score (nSPS) is 10.7. The Morgan fingerprint density at radius 1 is 1.33 bits per heavy atom. The molecule has 0 fully saturated rings. The van der Waals surface area contributed by atoms with Crippen LogP contribution < -0.4 is 11.0 Å². The Morgan fingerprint density at radius 3 is 2.81 bits per heavy atom. The molecule has 0 bridgehead atoms. The van der Waals surface area contributed by atoms with Gasteiger partial charge in [-0.15, -0.1) is 0 Å². The van der Waals surface area contributed by atoms with Gasteiger partial charge in [-0.1, -0.05) is 0 Å². The van der Waals surface area contributed by atoms with Gasteiger partial charge in [0.2, 0.25) is 0 Å². The molecule has 0 saturated carbocycles. The van der Waals surface area contributed by atoms with Crippen LogP contribution >= 0.6 is 0 Å². The highest BCUT2D eigenvalue weighted by atomic mass is 16.4. The predicted molar refractivity (Wildman–Crippen MR) is 77.4 cm³/mol. The number of aryl methyl sites for hydroxylation is 1. The van der Waals surface area contributed by atoms with Gasteiger partial charge in [-0.2, -0.15) is 0 Å². The zero-order valence-corrected chi connectivity index (χ0v) is 11.7. The number of nitrogens with one attached hydrogen (secondary N) is 2. The number of carbonyl (C=O) groups is 2. The number of aliphatic carboxylic acids is 1. The van der Waals surface area contributed by atoms with E-state index < -0.39 is 5.97 Å². The van der Waals surface area contributed by atoms with E-state index in [2.05, 4.69) is 10.3 Å². The van der Waals surface area contributed by atoms with Crippen LogP contribution in [0.1, 0.15) is 29.6 Å². The largest absolute Gasteiger partial charge is 0.481 e. The molecule has 0 spiro atoms. The van der Waals surface area contributed by atoms with E-state index in [-0.39, 0.29) is 18.0 Å². The third-order valence-corrected chi connectivity index (χ3v) is 3.27. The lowest BCUT2D eigenvalue weighted by Crippen LogP contribution is -2.24. The van der Waals surface area contributed by atoms with E-state index in [9.17, 15) is 14.4 Å². The smallest absolute Gasteiger partial charge is 0.326 e. The lowest BCUT2D eigenvalue weighted by Gasteiger charge is -2.05. The maximum absolute atomic E-state index is 12.0. The second kappa shape index (κ2) is 6.25. The summed E-state index contributed by atoms with van der Waals surface area (Å²) in [5, 5.41) is 11.2. The standard InChI is InChI=1S/C14H17N3O4/c1-17-11-8-9(5-6-10(11)16-14(17)21)13(20)15-7-3-2-4-12(18)19/h5-6,8H,2-4,7H2,1H3,(H,15,20)(H,16,21)(H,18,19). The van der Waals surface area contributed by atoms with E-state index >= 15 is 0 Å². The fourth-order valence-corrected chi connectivity index (χ4v) is 2.07. The van der Waals surface area contributed by atoms with Crippen LogP contribution in [0, 0.1) is 0 Å². The van der Waals surface area contributed by atoms with Crippen molar-refractivity contribution < 1.29 is 14.7 Å². The number of hydrogen-bond donors (Lipinski definition) is 3. The van der Waals surface area contributed by atoms with Gasteiger partial charge in [-0.3, -0.25) is 14.2 Å². The van der Waals surface area contributed by atoms with Crippen LogP contribution in [0.15, 0.2) is 23.0 Å². The first-order chi connectivity index (χ1) is 9.99. The minimum Gasteiger partial charge on any atom is -0.481 e. The Hall–Kier alpha value is -2.57. The number of aromatic amines is 1. The van der Waals surface area contributed by atoms with E-state index in [1.54, 1.807) is 25.2 Å². The van der Waals surface area contributed by atoms with Crippen molar-refractivity contribution >= 4 is 22.9 Å². The molecule has 3 N–H and O–H groups in total. The fraction of sp³-hybridized carbons (Fsp3) is 0.357. The second-order valence-corrected chi connectivity index (χ2v) is 4.83. The number of carboxylic acids is 1. The molecule has 0 aliphatic carbocycles. The van der Waals surface area contributed by atoms with Crippen LogP contribution in [-0.4, -0.2) is 33.1 Å². The van der Waals surface area contributed by atoms with Crippen molar-refractivity contribution in [2.45, 2.75) is 19.3 Å². The molecule has 0 radical (unpaired) electrons. The lowest BCUT2D eigenvalue weighted by atomic mass is 10.2. The Kier molecular flexibility index (Phi) is 4.42. The average molecular weight is 291 g/mol. The number of rotatable bonds is 6. The molecule has 0 saturated heterocycles. The van der Waals surface area contributed by atoms with Crippen LogP contribution in [-0.2, 0) is 11.8 Å². The maximum Gasteiger partial charge on any atom is 0.326 e. The topological polar surface area (TPSA) is 104 Å². The Labute approximate surface area is 120 Å². The molecule has 1 heterocycles. The SMILES string of the molecule is Cn1c(=O)[nH]c2ccc(C(=O)NCCCCC(=O)O)cc21. The number of benzene rings is 1. The molecule has 2 rings (SSSR count). The van der Waals surface area contributed by atoms with E-state index in [1.165, 1.54) is 4.57 Å². The third kappa shape index (κ3) is 3.50. The summed E-state index contributed by atoms with van der Waals surface area (Å²) in [5.41, 5.74) is 1.59. The van der Waals surface area contributed by atoms with E-state index in [1.807, 2.05) is 0 Å². The van der Waals surface area contributed by atoms with Crippen LogP contribution in [0.2, 0.25) is 0 Å². The van der Waals surface area contributed by atoms with Crippen LogP contribution in [0.3, 0.4) is 0 Å². The molecule has 7 heteroatoms. The summed E-state index contributed by atoms with van der Waals surface area (Å²) in [6.45, 7) is 0.427. The number of imidazole rings is 1. The molecule has 0 unspecified atom stereocenters. The highest BCUT2D eigenvalue weighted by Gasteiger charge is 2.09.